The van der Waals surface area contributed by atoms with Crippen LogP contribution in [0.2, 0.25) is 0 Å². The number of carboxylic acid groups (broad SMARTS) is 1. The topological polar surface area (TPSA) is 37.3 Å². The highest BCUT2D eigenvalue weighted by molar-refractivity contribution is 9.10. The molecule has 0 aromatic heterocycles. The molecule has 96 valence electrons. The maximum atomic E-state index is 11.1. The summed E-state index contributed by atoms with van der Waals surface area (Å²) in [6, 6.07) is 7.78. The molecule has 0 saturated heterocycles. The van der Waals surface area contributed by atoms with Gasteiger partial charge in [0, 0.05) is 4.47 Å². The number of benzene rings is 1. The highest BCUT2D eigenvalue weighted by Crippen LogP contribution is 2.18. The normalized spacial score (nSPS) is 9.72. The predicted octanol–water partition coefficient (Wildman–Crippen LogP) is 4.65. The molecule has 0 fully saturated rings. The maximum absolute atomic E-state index is 11.1. The van der Waals surface area contributed by atoms with Gasteiger partial charge in [-0.2, -0.15) is 0 Å². The van der Waals surface area contributed by atoms with Crippen LogP contribution in [0, 0.1) is 0 Å². The highest BCUT2D eigenvalue weighted by Gasteiger charge is 2.06. The molecular weight excluding hydrogens is 292 g/mol. The molecule has 0 saturated carbocycles. The number of hydrogen-bond donors (Lipinski definition) is 1. The van der Waals surface area contributed by atoms with Crippen molar-refractivity contribution >= 4 is 27.5 Å². The summed E-state index contributed by atoms with van der Waals surface area (Å²) in [6.45, 7) is 3.93. The van der Waals surface area contributed by atoms with Gasteiger partial charge in [0.2, 0.25) is 0 Å². The predicted molar refractivity (Wildman–Crippen MR) is 77.4 cm³/mol. The summed E-state index contributed by atoms with van der Waals surface area (Å²) in [7, 11) is 0. The second-order valence-corrected chi connectivity index (χ2v) is 5.06. The van der Waals surface area contributed by atoms with E-state index in [2.05, 4.69) is 21.7 Å². The van der Waals surface area contributed by atoms with E-state index >= 15 is 0 Å². The van der Waals surface area contributed by atoms with Crippen molar-refractivity contribution in [3.8, 4) is 0 Å². The van der Waals surface area contributed by atoms with Crippen LogP contribution in [-0.4, -0.2) is 11.1 Å². The van der Waals surface area contributed by atoms with E-state index in [0.717, 1.165) is 28.5 Å². The lowest BCUT2D eigenvalue weighted by molar-refractivity contribution is -0.132. The molecule has 2 nitrogen and oxygen atoms in total. The Balaban J connectivity index is 3.08. The number of aliphatic carboxylic acids is 1. The van der Waals surface area contributed by atoms with Crippen LogP contribution in [0.15, 0.2) is 40.0 Å². The molecule has 0 spiro atoms. The van der Waals surface area contributed by atoms with Gasteiger partial charge in [-0.3, -0.25) is 0 Å². The van der Waals surface area contributed by atoms with E-state index in [9.17, 15) is 4.79 Å². The van der Waals surface area contributed by atoms with Crippen molar-refractivity contribution in [2.45, 2.75) is 33.1 Å². The number of unbranched alkanes of at least 4 members (excludes halogenated alkanes) is 1. The Kier molecular flexibility index (Phi) is 5.90. The Morgan fingerprint density at radius 3 is 2.44 bits per heavy atom. The molecule has 0 aliphatic carbocycles. The van der Waals surface area contributed by atoms with Crippen molar-refractivity contribution < 1.29 is 9.90 Å². The molecule has 1 aromatic rings. The summed E-state index contributed by atoms with van der Waals surface area (Å²) < 4.78 is 1.01. The summed E-state index contributed by atoms with van der Waals surface area (Å²) >= 11 is 3.37. The zero-order chi connectivity index (χ0) is 13.5. The minimum atomic E-state index is -0.875. The van der Waals surface area contributed by atoms with Crippen molar-refractivity contribution in [3.05, 3.63) is 45.6 Å². The lowest BCUT2D eigenvalue weighted by Crippen LogP contribution is -1.99. The lowest BCUT2D eigenvalue weighted by atomic mass is 10.0. The van der Waals surface area contributed by atoms with Crippen molar-refractivity contribution in [3.63, 3.8) is 0 Å². The van der Waals surface area contributed by atoms with E-state index in [1.165, 1.54) is 0 Å². The Labute approximate surface area is 116 Å². The van der Waals surface area contributed by atoms with E-state index in [-0.39, 0.29) is 0 Å². The molecule has 1 N–H and O–H groups in total. The molecule has 0 amide bonds. The van der Waals surface area contributed by atoms with Gasteiger partial charge in [-0.15, -0.1) is 5.73 Å². The quantitative estimate of drug-likeness (QED) is 0.635. The van der Waals surface area contributed by atoms with Crippen molar-refractivity contribution in [2.75, 3.05) is 0 Å². The number of carboxylic acids is 1. The molecular formula is C15H17BrO2. The Hall–Kier alpha value is -1.31. The van der Waals surface area contributed by atoms with Crippen molar-refractivity contribution in [2.24, 2.45) is 0 Å². The SMILES string of the molecule is CCCCC(=C=C(C)c1ccc(Br)cc1)C(=O)O. The van der Waals surface area contributed by atoms with Gasteiger partial charge in [0.05, 0.1) is 5.57 Å². The van der Waals surface area contributed by atoms with Gasteiger partial charge in [-0.1, -0.05) is 41.4 Å². The standard InChI is InChI=1S/C15H17BrO2/c1-3-4-5-13(15(17)18)10-11(2)12-6-8-14(16)9-7-12/h6-9H,3-5H2,1-2H3,(H,17,18). The second kappa shape index (κ2) is 7.20. The number of hydrogen-bond acceptors (Lipinski definition) is 1. The molecule has 1 rings (SSSR count). The Bertz CT molecular complexity index is 480. The fourth-order valence-corrected chi connectivity index (χ4v) is 1.84. The first-order chi connectivity index (χ1) is 8.54. The largest absolute Gasteiger partial charge is 0.477 e. The Morgan fingerprint density at radius 1 is 1.33 bits per heavy atom. The van der Waals surface area contributed by atoms with Crippen LogP contribution in [0.4, 0.5) is 0 Å². The fourth-order valence-electron chi connectivity index (χ4n) is 1.57. The van der Waals surface area contributed by atoms with E-state index in [4.69, 9.17) is 5.11 Å². The average Bonchev–Trinajstić information content (AvgIpc) is 2.34. The zero-order valence-electron chi connectivity index (χ0n) is 10.7. The smallest absolute Gasteiger partial charge is 0.339 e. The highest BCUT2D eigenvalue weighted by atomic mass is 79.9. The van der Waals surface area contributed by atoms with Gasteiger partial charge in [-0.25, -0.2) is 4.79 Å². The summed E-state index contributed by atoms with van der Waals surface area (Å²) in [4.78, 5) is 11.1. The van der Waals surface area contributed by atoms with Gasteiger partial charge in [-0.05, 0) is 43.0 Å². The van der Waals surface area contributed by atoms with Crippen LogP contribution in [0.5, 0.6) is 0 Å². The van der Waals surface area contributed by atoms with Gasteiger partial charge in [0.15, 0.2) is 0 Å². The zero-order valence-corrected chi connectivity index (χ0v) is 12.3. The second-order valence-electron chi connectivity index (χ2n) is 4.14. The van der Waals surface area contributed by atoms with Gasteiger partial charge < -0.3 is 5.11 Å². The van der Waals surface area contributed by atoms with Crippen molar-refractivity contribution in [1.29, 1.82) is 0 Å². The van der Waals surface area contributed by atoms with Crippen LogP contribution in [-0.2, 0) is 4.79 Å². The maximum Gasteiger partial charge on any atom is 0.339 e. The van der Waals surface area contributed by atoms with Gasteiger partial charge in [0.1, 0.15) is 0 Å². The van der Waals surface area contributed by atoms with Crippen molar-refractivity contribution in [1.82, 2.24) is 0 Å². The van der Waals surface area contributed by atoms with E-state index < -0.39 is 5.97 Å². The third-order valence-electron chi connectivity index (χ3n) is 2.65. The minimum Gasteiger partial charge on any atom is -0.477 e. The monoisotopic (exact) mass is 308 g/mol. The number of carbonyl (C=O) groups is 1. The average molecular weight is 309 g/mol. The molecule has 0 bridgehead atoms. The Morgan fingerprint density at radius 2 is 1.94 bits per heavy atom. The fraction of sp³-hybridized carbons (Fsp3) is 0.333. The van der Waals surface area contributed by atoms with E-state index in [0.29, 0.717) is 12.0 Å². The molecule has 0 heterocycles. The van der Waals surface area contributed by atoms with Crippen LogP contribution in [0.25, 0.3) is 5.57 Å². The summed E-state index contributed by atoms with van der Waals surface area (Å²) in [6.07, 6.45) is 2.43. The molecule has 0 atom stereocenters. The molecule has 0 aliphatic rings. The molecule has 18 heavy (non-hydrogen) atoms. The first-order valence-corrected chi connectivity index (χ1v) is 6.79. The third-order valence-corrected chi connectivity index (χ3v) is 3.18. The molecule has 0 radical (unpaired) electrons. The summed E-state index contributed by atoms with van der Waals surface area (Å²) in [5.74, 6) is -0.875. The molecule has 0 unspecified atom stereocenters. The molecule has 0 aliphatic heterocycles. The third kappa shape index (κ3) is 4.52. The van der Waals surface area contributed by atoms with Gasteiger partial charge in [0.25, 0.3) is 0 Å². The summed E-state index contributed by atoms with van der Waals surface area (Å²) in [5.41, 5.74) is 5.22. The summed E-state index contributed by atoms with van der Waals surface area (Å²) in [5, 5.41) is 9.12. The van der Waals surface area contributed by atoms with Crippen LogP contribution >= 0.6 is 15.9 Å². The minimum absolute atomic E-state index is 0.359. The van der Waals surface area contributed by atoms with Crippen LogP contribution in [0.3, 0.4) is 0 Å². The molecule has 1 aromatic carbocycles. The van der Waals surface area contributed by atoms with Crippen LogP contribution < -0.4 is 0 Å². The number of rotatable bonds is 5. The first kappa shape index (κ1) is 14.7. The van der Waals surface area contributed by atoms with E-state index in [1.807, 2.05) is 38.1 Å². The van der Waals surface area contributed by atoms with E-state index in [1.54, 1.807) is 0 Å². The first-order valence-electron chi connectivity index (χ1n) is 6.00. The van der Waals surface area contributed by atoms with Crippen LogP contribution in [0.1, 0.15) is 38.7 Å². The van der Waals surface area contributed by atoms with Gasteiger partial charge >= 0.3 is 5.97 Å². The number of halogens is 1. The molecule has 3 heteroatoms. The lowest BCUT2D eigenvalue weighted by Gasteiger charge is -2.01.